The Morgan fingerprint density at radius 1 is 1.16 bits per heavy atom. The molecule has 0 unspecified atom stereocenters. The highest BCUT2D eigenvalue weighted by Gasteiger charge is 2.20. The zero-order valence-corrected chi connectivity index (χ0v) is 15.8. The van der Waals surface area contributed by atoms with Crippen LogP contribution < -0.4 is 10.1 Å². The zero-order chi connectivity index (χ0) is 18.2. The number of amides is 1. The Labute approximate surface area is 150 Å². The smallest absolute Gasteiger partial charge is 0.219 e. The fourth-order valence-electron chi connectivity index (χ4n) is 2.77. The summed E-state index contributed by atoms with van der Waals surface area (Å²) in [6, 6.07) is 8.09. The molecule has 6 heteroatoms. The average Bonchev–Trinajstić information content (AvgIpc) is 2.59. The van der Waals surface area contributed by atoms with Gasteiger partial charge < -0.3 is 19.9 Å². The molecule has 0 radical (unpaired) electrons. The first-order chi connectivity index (χ1) is 12.0. The second-order valence-corrected chi connectivity index (χ2v) is 6.47. The molecule has 138 valence electrons. The van der Waals surface area contributed by atoms with Crippen LogP contribution in [0.2, 0.25) is 0 Å². The second kappa shape index (κ2) is 9.30. The number of rotatable bonds is 5. The summed E-state index contributed by atoms with van der Waals surface area (Å²) >= 11 is 0. The number of nitrogens with one attached hydrogen (secondary N) is 1. The number of carbonyl (C=O) groups excluding carboxylic acids is 1. The molecule has 1 saturated heterocycles. The van der Waals surface area contributed by atoms with Gasteiger partial charge in [0.25, 0.3) is 0 Å². The van der Waals surface area contributed by atoms with Crippen LogP contribution in [0.3, 0.4) is 0 Å². The van der Waals surface area contributed by atoms with E-state index < -0.39 is 0 Å². The molecule has 0 atom stereocenters. The van der Waals surface area contributed by atoms with E-state index in [9.17, 15) is 4.79 Å². The van der Waals surface area contributed by atoms with Crippen LogP contribution in [0.15, 0.2) is 29.3 Å². The largest absolute Gasteiger partial charge is 0.491 e. The van der Waals surface area contributed by atoms with Gasteiger partial charge >= 0.3 is 0 Å². The maximum atomic E-state index is 11.5. The van der Waals surface area contributed by atoms with Gasteiger partial charge in [-0.2, -0.15) is 0 Å². The van der Waals surface area contributed by atoms with Crippen molar-refractivity contribution in [2.24, 2.45) is 4.99 Å². The monoisotopic (exact) mass is 346 g/mol. The van der Waals surface area contributed by atoms with Crippen molar-refractivity contribution >= 4 is 11.9 Å². The van der Waals surface area contributed by atoms with Crippen molar-refractivity contribution in [2.75, 3.05) is 32.7 Å². The standard InChI is InChI=1S/C19H30N4O2/c1-5-20-19(23-12-10-22(11-13-23)16(4)24)21-14-17-6-8-18(9-7-17)25-15(2)3/h6-9,15H,5,10-14H2,1-4H3,(H,20,21). The van der Waals surface area contributed by atoms with Crippen molar-refractivity contribution in [3.8, 4) is 5.75 Å². The van der Waals surface area contributed by atoms with Crippen LogP contribution in [0.1, 0.15) is 33.3 Å². The first-order valence-corrected chi connectivity index (χ1v) is 9.04. The molecule has 1 amide bonds. The maximum Gasteiger partial charge on any atom is 0.219 e. The second-order valence-electron chi connectivity index (χ2n) is 6.47. The van der Waals surface area contributed by atoms with E-state index in [2.05, 4.69) is 29.3 Å². The Bertz CT molecular complexity index is 576. The van der Waals surface area contributed by atoms with E-state index in [-0.39, 0.29) is 12.0 Å². The molecule has 0 spiro atoms. The summed E-state index contributed by atoms with van der Waals surface area (Å²) in [4.78, 5) is 20.3. The van der Waals surface area contributed by atoms with Gasteiger partial charge in [-0.1, -0.05) is 12.1 Å². The minimum absolute atomic E-state index is 0.144. The molecule has 1 heterocycles. The van der Waals surface area contributed by atoms with E-state index in [4.69, 9.17) is 9.73 Å². The van der Waals surface area contributed by atoms with Crippen LogP contribution in [-0.4, -0.2) is 60.5 Å². The predicted octanol–water partition coefficient (Wildman–Crippen LogP) is 2.10. The Balaban J connectivity index is 1.96. The van der Waals surface area contributed by atoms with Gasteiger partial charge in [-0.15, -0.1) is 0 Å². The molecule has 1 N–H and O–H groups in total. The highest BCUT2D eigenvalue weighted by atomic mass is 16.5. The van der Waals surface area contributed by atoms with Crippen LogP contribution >= 0.6 is 0 Å². The Morgan fingerprint density at radius 3 is 2.28 bits per heavy atom. The van der Waals surface area contributed by atoms with E-state index in [1.807, 2.05) is 30.9 Å². The summed E-state index contributed by atoms with van der Waals surface area (Å²) in [6.07, 6.45) is 0.179. The van der Waals surface area contributed by atoms with Gasteiger partial charge in [0.2, 0.25) is 5.91 Å². The number of guanidine groups is 1. The normalized spacial score (nSPS) is 15.5. The molecule has 1 aliphatic rings. The molecule has 0 bridgehead atoms. The topological polar surface area (TPSA) is 57.2 Å². The summed E-state index contributed by atoms with van der Waals surface area (Å²) in [6.45, 7) is 12.3. The van der Waals surface area contributed by atoms with Gasteiger partial charge in [-0.05, 0) is 38.5 Å². The van der Waals surface area contributed by atoms with Crippen molar-refractivity contribution in [3.05, 3.63) is 29.8 Å². The van der Waals surface area contributed by atoms with Crippen molar-refractivity contribution in [1.29, 1.82) is 0 Å². The number of aliphatic imine (C=N–C) groups is 1. The fraction of sp³-hybridized carbons (Fsp3) is 0.579. The number of benzene rings is 1. The van der Waals surface area contributed by atoms with Gasteiger partial charge in [-0.25, -0.2) is 4.99 Å². The molecular formula is C19H30N4O2. The molecule has 1 aromatic carbocycles. The number of piperazine rings is 1. The van der Waals surface area contributed by atoms with Crippen molar-refractivity contribution in [2.45, 2.75) is 40.3 Å². The molecule has 1 aliphatic heterocycles. The Hall–Kier alpha value is -2.24. The maximum absolute atomic E-state index is 11.5. The number of hydrogen-bond acceptors (Lipinski definition) is 3. The van der Waals surface area contributed by atoms with Crippen molar-refractivity contribution in [1.82, 2.24) is 15.1 Å². The molecule has 0 saturated carbocycles. The van der Waals surface area contributed by atoms with Crippen LogP contribution in [0, 0.1) is 0 Å². The quantitative estimate of drug-likeness (QED) is 0.655. The summed E-state index contributed by atoms with van der Waals surface area (Å²) in [5.74, 6) is 1.94. The summed E-state index contributed by atoms with van der Waals surface area (Å²) < 4.78 is 5.67. The van der Waals surface area contributed by atoms with Gasteiger partial charge in [0.15, 0.2) is 5.96 Å². The summed E-state index contributed by atoms with van der Waals surface area (Å²) in [5.41, 5.74) is 1.15. The third-order valence-corrected chi connectivity index (χ3v) is 4.07. The molecule has 1 aromatic rings. The number of ether oxygens (including phenoxy) is 1. The third-order valence-electron chi connectivity index (χ3n) is 4.07. The average molecular weight is 346 g/mol. The van der Waals surface area contributed by atoms with Crippen LogP contribution in [0.5, 0.6) is 5.75 Å². The van der Waals surface area contributed by atoms with E-state index >= 15 is 0 Å². The minimum atomic E-state index is 0.144. The van der Waals surface area contributed by atoms with Crippen LogP contribution in [0.25, 0.3) is 0 Å². The van der Waals surface area contributed by atoms with E-state index in [1.54, 1.807) is 6.92 Å². The lowest BCUT2D eigenvalue weighted by Gasteiger charge is -2.36. The molecule has 0 aromatic heterocycles. The Morgan fingerprint density at radius 2 is 1.76 bits per heavy atom. The van der Waals surface area contributed by atoms with Crippen LogP contribution in [0.4, 0.5) is 0 Å². The summed E-state index contributed by atoms with van der Waals surface area (Å²) in [7, 11) is 0. The first-order valence-electron chi connectivity index (χ1n) is 9.04. The fourth-order valence-corrected chi connectivity index (χ4v) is 2.77. The molecule has 1 fully saturated rings. The molecule has 25 heavy (non-hydrogen) atoms. The third kappa shape index (κ3) is 5.96. The Kier molecular flexibility index (Phi) is 7.10. The highest BCUT2D eigenvalue weighted by Crippen LogP contribution is 2.14. The number of nitrogens with zero attached hydrogens (tertiary/aromatic N) is 3. The lowest BCUT2D eigenvalue weighted by atomic mass is 10.2. The number of carbonyl (C=O) groups is 1. The molecular weight excluding hydrogens is 316 g/mol. The summed E-state index contributed by atoms with van der Waals surface area (Å²) in [5, 5.41) is 3.35. The molecule has 2 rings (SSSR count). The zero-order valence-electron chi connectivity index (χ0n) is 15.8. The molecule has 6 nitrogen and oxygen atoms in total. The van der Waals surface area contributed by atoms with Gasteiger partial charge in [0.1, 0.15) is 5.75 Å². The SMILES string of the molecule is CCNC(=NCc1ccc(OC(C)C)cc1)N1CCN(C(C)=O)CC1. The van der Waals surface area contributed by atoms with E-state index in [0.29, 0.717) is 6.54 Å². The first kappa shape index (κ1) is 19.1. The predicted molar refractivity (Wildman–Crippen MR) is 101 cm³/mol. The number of hydrogen-bond donors (Lipinski definition) is 1. The van der Waals surface area contributed by atoms with E-state index in [0.717, 1.165) is 50.0 Å². The minimum Gasteiger partial charge on any atom is -0.491 e. The van der Waals surface area contributed by atoms with Gasteiger partial charge in [-0.3, -0.25) is 4.79 Å². The van der Waals surface area contributed by atoms with Crippen molar-refractivity contribution in [3.63, 3.8) is 0 Å². The van der Waals surface area contributed by atoms with E-state index in [1.165, 1.54) is 0 Å². The lowest BCUT2D eigenvalue weighted by Crippen LogP contribution is -2.53. The molecule has 0 aliphatic carbocycles. The van der Waals surface area contributed by atoms with Crippen LogP contribution in [-0.2, 0) is 11.3 Å². The van der Waals surface area contributed by atoms with Crippen molar-refractivity contribution < 1.29 is 9.53 Å². The lowest BCUT2D eigenvalue weighted by molar-refractivity contribution is -0.130. The highest BCUT2D eigenvalue weighted by molar-refractivity contribution is 5.80. The van der Waals surface area contributed by atoms with Gasteiger partial charge in [0.05, 0.1) is 12.6 Å². The van der Waals surface area contributed by atoms with Gasteiger partial charge in [0, 0.05) is 39.6 Å².